The highest BCUT2D eigenvalue weighted by atomic mass is 16.5. The summed E-state index contributed by atoms with van der Waals surface area (Å²) in [7, 11) is 1.50. The summed E-state index contributed by atoms with van der Waals surface area (Å²) in [4.78, 5) is 22.4. The normalized spacial score (nSPS) is 10.8. The van der Waals surface area contributed by atoms with Crippen molar-refractivity contribution in [2.24, 2.45) is 0 Å². The van der Waals surface area contributed by atoms with Crippen molar-refractivity contribution in [2.75, 3.05) is 13.7 Å². The fourth-order valence-corrected chi connectivity index (χ4v) is 1.71. The molecule has 110 valence electrons. The molecular formula is C15H14O6. The summed E-state index contributed by atoms with van der Waals surface area (Å²) in [6, 6.07) is 6.08. The molecule has 0 aliphatic rings. The molecule has 0 bridgehead atoms. The molecule has 0 aliphatic heterocycles. The first-order valence-electron chi connectivity index (χ1n) is 6.26. The molecule has 0 fully saturated rings. The Morgan fingerprint density at radius 2 is 2.14 bits per heavy atom. The van der Waals surface area contributed by atoms with Gasteiger partial charge in [0, 0.05) is 18.2 Å². The van der Waals surface area contributed by atoms with E-state index in [2.05, 4.69) is 0 Å². The molecule has 1 aromatic carbocycles. The van der Waals surface area contributed by atoms with Crippen molar-refractivity contribution in [2.45, 2.75) is 6.92 Å². The number of fused-ring (bicyclic) bond motifs is 1. The minimum Gasteiger partial charge on any atom is -0.496 e. The average Bonchev–Trinajstić information content (AvgIpc) is 2.46. The molecular weight excluding hydrogens is 276 g/mol. The minimum absolute atomic E-state index is 0.290. The third-order valence-corrected chi connectivity index (χ3v) is 2.59. The molecule has 2 aromatic rings. The standard InChI is InChI=1S/C15H14O6/c1-3-19-14(16)6-7-20-10-8-12(18-2)11-4-5-15(17)21-13(11)9-10/h4-9H,3H2,1-2H3/b7-6+. The van der Waals surface area contributed by atoms with Crippen molar-refractivity contribution in [3.05, 3.63) is 47.0 Å². The molecule has 6 heteroatoms. The Hall–Kier alpha value is -2.76. The highest BCUT2D eigenvalue weighted by Crippen LogP contribution is 2.30. The summed E-state index contributed by atoms with van der Waals surface area (Å²) in [5.74, 6) is 0.363. The number of esters is 1. The highest BCUT2D eigenvalue weighted by Gasteiger charge is 2.07. The van der Waals surface area contributed by atoms with Gasteiger partial charge in [-0.3, -0.25) is 0 Å². The molecule has 21 heavy (non-hydrogen) atoms. The van der Waals surface area contributed by atoms with Crippen molar-refractivity contribution >= 4 is 16.9 Å². The van der Waals surface area contributed by atoms with E-state index in [-0.39, 0.29) is 6.61 Å². The minimum atomic E-state index is -0.503. The summed E-state index contributed by atoms with van der Waals surface area (Å²) in [6.45, 7) is 2.00. The summed E-state index contributed by atoms with van der Waals surface area (Å²) in [6.07, 6.45) is 2.35. The van der Waals surface area contributed by atoms with E-state index in [4.69, 9.17) is 18.6 Å². The first-order valence-corrected chi connectivity index (χ1v) is 6.26. The van der Waals surface area contributed by atoms with Crippen molar-refractivity contribution in [3.8, 4) is 11.5 Å². The molecule has 0 unspecified atom stereocenters. The van der Waals surface area contributed by atoms with Crippen LogP contribution in [0.15, 0.2) is 45.8 Å². The maximum Gasteiger partial charge on any atom is 0.336 e. The average molecular weight is 290 g/mol. The van der Waals surface area contributed by atoms with Gasteiger partial charge in [0.25, 0.3) is 0 Å². The van der Waals surface area contributed by atoms with E-state index in [0.717, 1.165) is 6.08 Å². The summed E-state index contributed by atoms with van der Waals surface area (Å²) in [5.41, 5.74) is -0.134. The van der Waals surface area contributed by atoms with E-state index in [1.807, 2.05) is 0 Å². The number of carbonyl (C=O) groups is 1. The zero-order chi connectivity index (χ0) is 15.2. The van der Waals surface area contributed by atoms with Crippen molar-refractivity contribution in [1.82, 2.24) is 0 Å². The van der Waals surface area contributed by atoms with E-state index >= 15 is 0 Å². The van der Waals surface area contributed by atoms with Gasteiger partial charge in [-0.1, -0.05) is 0 Å². The van der Waals surface area contributed by atoms with Gasteiger partial charge in [-0.15, -0.1) is 0 Å². The number of hydrogen-bond donors (Lipinski definition) is 0. The van der Waals surface area contributed by atoms with Gasteiger partial charge in [-0.05, 0) is 13.0 Å². The Morgan fingerprint density at radius 1 is 1.33 bits per heavy atom. The van der Waals surface area contributed by atoms with Gasteiger partial charge in [-0.25, -0.2) is 9.59 Å². The van der Waals surface area contributed by atoms with Crippen LogP contribution in [0, 0.1) is 0 Å². The molecule has 0 amide bonds. The van der Waals surface area contributed by atoms with Crippen LogP contribution in [0.5, 0.6) is 11.5 Å². The second kappa shape index (κ2) is 6.60. The van der Waals surface area contributed by atoms with Gasteiger partial charge >= 0.3 is 11.6 Å². The Labute approximate surface area is 120 Å². The third kappa shape index (κ3) is 3.62. The van der Waals surface area contributed by atoms with Crippen LogP contribution in [0.3, 0.4) is 0 Å². The molecule has 2 rings (SSSR count). The lowest BCUT2D eigenvalue weighted by molar-refractivity contribution is -0.137. The Bertz CT molecular complexity index is 729. The van der Waals surface area contributed by atoms with Crippen molar-refractivity contribution < 1.29 is 23.4 Å². The Balaban J connectivity index is 2.28. The monoisotopic (exact) mass is 290 g/mol. The smallest absolute Gasteiger partial charge is 0.336 e. The molecule has 0 saturated heterocycles. The number of ether oxygens (including phenoxy) is 3. The first kappa shape index (κ1) is 14.6. The van der Waals surface area contributed by atoms with E-state index in [0.29, 0.717) is 22.5 Å². The second-order valence-corrected chi connectivity index (χ2v) is 3.96. The van der Waals surface area contributed by atoms with E-state index in [1.54, 1.807) is 19.1 Å². The van der Waals surface area contributed by atoms with Crippen LogP contribution in [0.25, 0.3) is 11.0 Å². The highest BCUT2D eigenvalue weighted by molar-refractivity contribution is 5.85. The van der Waals surface area contributed by atoms with Crippen molar-refractivity contribution in [3.63, 3.8) is 0 Å². The predicted molar refractivity (Wildman–Crippen MR) is 75.4 cm³/mol. The molecule has 0 spiro atoms. The van der Waals surface area contributed by atoms with Crippen LogP contribution >= 0.6 is 0 Å². The SMILES string of the molecule is CCOC(=O)/C=C/Oc1cc(OC)c2ccc(=O)oc2c1. The van der Waals surface area contributed by atoms with Gasteiger partial charge in [0.15, 0.2) is 0 Å². The van der Waals surface area contributed by atoms with Gasteiger partial charge in [-0.2, -0.15) is 0 Å². The maximum absolute atomic E-state index is 11.2. The molecule has 0 saturated carbocycles. The molecule has 0 atom stereocenters. The lowest BCUT2D eigenvalue weighted by Crippen LogP contribution is -2.00. The summed E-state index contributed by atoms with van der Waals surface area (Å²) >= 11 is 0. The number of hydrogen-bond acceptors (Lipinski definition) is 6. The van der Waals surface area contributed by atoms with E-state index in [1.165, 1.54) is 25.5 Å². The molecule has 1 heterocycles. The zero-order valence-electron chi connectivity index (χ0n) is 11.6. The van der Waals surface area contributed by atoms with Gasteiger partial charge < -0.3 is 18.6 Å². The second-order valence-electron chi connectivity index (χ2n) is 3.96. The fraction of sp³-hybridized carbons (Fsp3) is 0.200. The third-order valence-electron chi connectivity index (χ3n) is 2.59. The van der Waals surface area contributed by atoms with Crippen molar-refractivity contribution in [1.29, 1.82) is 0 Å². The number of benzene rings is 1. The summed E-state index contributed by atoms with van der Waals surface area (Å²) < 4.78 is 20.3. The number of methoxy groups -OCH3 is 1. The largest absolute Gasteiger partial charge is 0.496 e. The van der Waals surface area contributed by atoms with Gasteiger partial charge in [0.2, 0.25) is 0 Å². The first-order chi connectivity index (χ1) is 10.1. The molecule has 0 N–H and O–H groups in total. The predicted octanol–water partition coefficient (Wildman–Crippen LogP) is 2.26. The van der Waals surface area contributed by atoms with Crippen LogP contribution in [0.4, 0.5) is 0 Å². The van der Waals surface area contributed by atoms with E-state index in [9.17, 15) is 9.59 Å². The number of carbonyl (C=O) groups excluding carboxylic acids is 1. The molecule has 0 aliphatic carbocycles. The van der Waals surface area contributed by atoms with Crippen LogP contribution < -0.4 is 15.1 Å². The lowest BCUT2D eigenvalue weighted by Gasteiger charge is -2.07. The van der Waals surface area contributed by atoms with Gasteiger partial charge in [0.1, 0.15) is 17.1 Å². The Morgan fingerprint density at radius 3 is 2.86 bits per heavy atom. The van der Waals surface area contributed by atoms with Crippen LogP contribution in [-0.2, 0) is 9.53 Å². The van der Waals surface area contributed by atoms with Crippen LogP contribution in [0.1, 0.15) is 6.92 Å². The lowest BCUT2D eigenvalue weighted by atomic mass is 10.2. The molecule has 1 aromatic heterocycles. The molecule has 0 radical (unpaired) electrons. The van der Waals surface area contributed by atoms with Crippen LogP contribution in [-0.4, -0.2) is 19.7 Å². The maximum atomic E-state index is 11.2. The van der Waals surface area contributed by atoms with Gasteiger partial charge in [0.05, 0.1) is 31.4 Å². The fourth-order valence-electron chi connectivity index (χ4n) is 1.71. The van der Waals surface area contributed by atoms with Crippen LogP contribution in [0.2, 0.25) is 0 Å². The zero-order valence-corrected chi connectivity index (χ0v) is 11.6. The van der Waals surface area contributed by atoms with E-state index < -0.39 is 11.6 Å². The quantitative estimate of drug-likeness (QED) is 0.364. The summed E-state index contributed by atoms with van der Waals surface area (Å²) in [5, 5.41) is 0.652. The number of rotatable bonds is 5. The molecule has 6 nitrogen and oxygen atoms in total. The Kier molecular flexibility index (Phi) is 4.61. The topological polar surface area (TPSA) is 75.0 Å².